The molecule has 0 aliphatic heterocycles. The topological polar surface area (TPSA) is 73.6 Å². The molecule has 0 spiro atoms. The molecule has 5 nitrogen and oxygen atoms in total. The van der Waals surface area contributed by atoms with Crippen LogP contribution in [0.4, 0.5) is 0 Å². The minimum atomic E-state index is -0.191. The van der Waals surface area contributed by atoms with Gasteiger partial charge in [-0.15, -0.1) is 12.4 Å². The monoisotopic (exact) mass is 366 g/mol. The first-order chi connectivity index (χ1) is 9.03. The summed E-state index contributed by atoms with van der Waals surface area (Å²) < 4.78 is 11.3. The average Bonchev–Trinajstić information content (AvgIpc) is 2.42. The Kier molecular flexibility index (Phi) is 8.60. The van der Waals surface area contributed by atoms with E-state index in [1.165, 1.54) is 0 Å². The number of nitrogens with one attached hydrogen (secondary N) is 1. The van der Waals surface area contributed by atoms with Gasteiger partial charge in [0.15, 0.2) is 11.5 Å². The molecule has 3 N–H and O–H groups in total. The van der Waals surface area contributed by atoms with Gasteiger partial charge in [-0.2, -0.15) is 0 Å². The molecule has 0 saturated heterocycles. The fourth-order valence-corrected chi connectivity index (χ4v) is 2.20. The Morgan fingerprint density at radius 3 is 2.55 bits per heavy atom. The summed E-state index contributed by atoms with van der Waals surface area (Å²) in [5.74, 6) is 0.998. The summed E-state index contributed by atoms with van der Waals surface area (Å²) in [4.78, 5) is 11.7. The zero-order chi connectivity index (χ0) is 14.4. The highest BCUT2D eigenvalue weighted by Crippen LogP contribution is 2.36. The second-order valence-electron chi connectivity index (χ2n) is 4.17. The lowest BCUT2D eigenvalue weighted by Crippen LogP contribution is -2.32. The molecule has 1 aromatic rings. The van der Waals surface area contributed by atoms with Crippen LogP contribution in [0.5, 0.6) is 11.5 Å². The third-order valence-electron chi connectivity index (χ3n) is 2.76. The van der Waals surface area contributed by atoms with Crippen LogP contribution in [0.1, 0.15) is 12.5 Å². The maximum absolute atomic E-state index is 11.7. The predicted molar refractivity (Wildman–Crippen MR) is 84.6 cm³/mol. The maximum Gasteiger partial charge on any atom is 0.224 e. The first-order valence-corrected chi connectivity index (χ1v) is 6.71. The molecular weight excluding hydrogens is 348 g/mol. The first kappa shape index (κ1) is 19.0. The molecule has 1 aromatic carbocycles. The second-order valence-corrected chi connectivity index (χ2v) is 5.02. The van der Waals surface area contributed by atoms with E-state index < -0.39 is 0 Å². The van der Waals surface area contributed by atoms with Gasteiger partial charge in [-0.1, -0.05) is 6.92 Å². The molecule has 0 aromatic heterocycles. The van der Waals surface area contributed by atoms with E-state index in [1.807, 2.05) is 12.1 Å². The van der Waals surface area contributed by atoms with Gasteiger partial charge in [-0.05, 0) is 33.6 Å². The molecule has 0 radical (unpaired) electrons. The predicted octanol–water partition coefficient (Wildman–Crippen LogP) is 2.10. The van der Waals surface area contributed by atoms with E-state index in [9.17, 15) is 4.79 Å². The minimum Gasteiger partial charge on any atom is -0.493 e. The van der Waals surface area contributed by atoms with Crippen molar-refractivity contribution < 1.29 is 14.3 Å². The molecule has 0 fully saturated rings. The molecule has 0 bridgehead atoms. The number of ether oxygens (including phenoxy) is 2. The van der Waals surface area contributed by atoms with E-state index in [-0.39, 0.29) is 24.2 Å². The maximum atomic E-state index is 11.7. The van der Waals surface area contributed by atoms with Crippen molar-refractivity contribution in [1.29, 1.82) is 0 Å². The number of methoxy groups -OCH3 is 2. The van der Waals surface area contributed by atoms with Crippen molar-refractivity contribution in [3.05, 3.63) is 22.2 Å². The Morgan fingerprint density at radius 2 is 2.05 bits per heavy atom. The molecule has 20 heavy (non-hydrogen) atoms. The van der Waals surface area contributed by atoms with E-state index in [2.05, 4.69) is 21.2 Å². The van der Waals surface area contributed by atoms with Crippen LogP contribution < -0.4 is 20.5 Å². The van der Waals surface area contributed by atoms with Crippen LogP contribution in [0.25, 0.3) is 0 Å². The summed E-state index contributed by atoms with van der Waals surface area (Å²) in [6.45, 7) is 2.55. The lowest BCUT2D eigenvalue weighted by atomic mass is 10.1. The summed E-state index contributed by atoms with van der Waals surface area (Å²) in [6.07, 6.45) is 0. The molecule has 1 rings (SSSR count). The Bertz CT molecular complexity index is 457. The highest BCUT2D eigenvalue weighted by atomic mass is 79.9. The SMILES string of the molecule is COc1cc(CNC(=O)C(C)CN)cc(Br)c1OC.Cl. The van der Waals surface area contributed by atoms with Gasteiger partial charge in [0.25, 0.3) is 0 Å². The smallest absolute Gasteiger partial charge is 0.224 e. The fourth-order valence-electron chi connectivity index (χ4n) is 1.54. The van der Waals surface area contributed by atoms with Crippen LogP contribution in [0.15, 0.2) is 16.6 Å². The van der Waals surface area contributed by atoms with Gasteiger partial charge < -0.3 is 20.5 Å². The Balaban J connectivity index is 0.00000361. The van der Waals surface area contributed by atoms with Crippen molar-refractivity contribution >= 4 is 34.2 Å². The molecule has 1 amide bonds. The van der Waals surface area contributed by atoms with Crippen molar-refractivity contribution in [3.8, 4) is 11.5 Å². The van der Waals surface area contributed by atoms with E-state index in [4.69, 9.17) is 15.2 Å². The van der Waals surface area contributed by atoms with Gasteiger partial charge in [0.05, 0.1) is 18.7 Å². The second kappa shape index (κ2) is 9.05. The molecule has 1 atom stereocenters. The zero-order valence-corrected chi connectivity index (χ0v) is 14.1. The lowest BCUT2D eigenvalue weighted by Gasteiger charge is -2.13. The number of rotatable bonds is 6. The summed E-state index contributed by atoms with van der Waals surface area (Å²) >= 11 is 3.41. The summed E-state index contributed by atoms with van der Waals surface area (Å²) in [5.41, 5.74) is 6.36. The van der Waals surface area contributed by atoms with Crippen molar-refractivity contribution in [2.75, 3.05) is 20.8 Å². The Labute approximate surface area is 133 Å². The quantitative estimate of drug-likeness (QED) is 0.807. The highest BCUT2D eigenvalue weighted by molar-refractivity contribution is 9.10. The summed E-state index contributed by atoms with van der Waals surface area (Å²) in [5, 5.41) is 2.83. The zero-order valence-electron chi connectivity index (χ0n) is 11.7. The fraction of sp³-hybridized carbons (Fsp3) is 0.462. The number of hydrogen-bond donors (Lipinski definition) is 2. The van der Waals surface area contributed by atoms with Crippen molar-refractivity contribution in [2.24, 2.45) is 11.7 Å². The van der Waals surface area contributed by atoms with Gasteiger partial charge in [-0.25, -0.2) is 0 Å². The van der Waals surface area contributed by atoms with Gasteiger partial charge >= 0.3 is 0 Å². The first-order valence-electron chi connectivity index (χ1n) is 5.91. The summed E-state index contributed by atoms with van der Waals surface area (Å²) in [7, 11) is 3.15. The Morgan fingerprint density at radius 1 is 1.40 bits per heavy atom. The van der Waals surface area contributed by atoms with E-state index in [1.54, 1.807) is 21.1 Å². The average molecular weight is 368 g/mol. The molecule has 0 heterocycles. The van der Waals surface area contributed by atoms with E-state index in [0.717, 1.165) is 10.0 Å². The summed E-state index contributed by atoms with van der Waals surface area (Å²) in [6, 6.07) is 3.71. The molecule has 0 saturated carbocycles. The van der Waals surface area contributed by atoms with Gasteiger partial charge in [0.1, 0.15) is 0 Å². The van der Waals surface area contributed by atoms with Crippen LogP contribution in [-0.4, -0.2) is 26.7 Å². The molecule has 1 unspecified atom stereocenters. The van der Waals surface area contributed by atoms with E-state index in [0.29, 0.717) is 24.6 Å². The van der Waals surface area contributed by atoms with Crippen molar-refractivity contribution in [2.45, 2.75) is 13.5 Å². The Hall–Kier alpha value is -0.980. The number of benzene rings is 1. The van der Waals surface area contributed by atoms with Crippen LogP contribution in [0.3, 0.4) is 0 Å². The number of carbonyl (C=O) groups excluding carboxylic acids is 1. The minimum absolute atomic E-state index is 0. The van der Waals surface area contributed by atoms with Gasteiger partial charge in [-0.3, -0.25) is 4.79 Å². The lowest BCUT2D eigenvalue weighted by molar-refractivity contribution is -0.124. The number of nitrogens with two attached hydrogens (primary N) is 1. The van der Waals surface area contributed by atoms with Gasteiger partial charge in [0, 0.05) is 19.0 Å². The van der Waals surface area contributed by atoms with Crippen LogP contribution >= 0.6 is 28.3 Å². The normalized spacial score (nSPS) is 11.2. The third kappa shape index (κ3) is 4.85. The highest BCUT2D eigenvalue weighted by Gasteiger charge is 2.13. The number of amides is 1. The molecule has 0 aliphatic rings. The van der Waals surface area contributed by atoms with Crippen LogP contribution in [0, 0.1) is 5.92 Å². The third-order valence-corrected chi connectivity index (χ3v) is 3.35. The number of carbonyl (C=O) groups is 1. The number of halogens is 2. The van der Waals surface area contributed by atoms with Crippen LogP contribution in [0.2, 0.25) is 0 Å². The number of hydrogen-bond acceptors (Lipinski definition) is 4. The molecule has 7 heteroatoms. The molecule has 0 aliphatic carbocycles. The molecule has 114 valence electrons. The standard InChI is InChI=1S/C13H19BrN2O3.ClH/c1-8(6-15)13(17)16-7-9-4-10(14)12(19-3)11(5-9)18-2;/h4-5,8H,6-7,15H2,1-3H3,(H,16,17);1H. The van der Waals surface area contributed by atoms with E-state index >= 15 is 0 Å². The van der Waals surface area contributed by atoms with Crippen molar-refractivity contribution in [3.63, 3.8) is 0 Å². The van der Waals surface area contributed by atoms with Crippen LogP contribution in [-0.2, 0) is 11.3 Å². The molecular formula is C13H20BrClN2O3. The van der Waals surface area contributed by atoms with Crippen molar-refractivity contribution in [1.82, 2.24) is 5.32 Å². The largest absolute Gasteiger partial charge is 0.493 e. The van der Waals surface area contributed by atoms with Gasteiger partial charge in [0.2, 0.25) is 5.91 Å².